The van der Waals surface area contributed by atoms with Crippen molar-refractivity contribution in [3.05, 3.63) is 39.9 Å². The van der Waals surface area contributed by atoms with Crippen molar-refractivity contribution in [2.75, 3.05) is 13.2 Å². The lowest BCUT2D eigenvalue weighted by atomic mass is 10.0. The molecule has 32 heavy (non-hydrogen) atoms. The summed E-state index contributed by atoms with van der Waals surface area (Å²) in [6, 6.07) is 6.03. The molecular formula is C21H26IN5O5. The quantitative estimate of drug-likeness (QED) is 0.154. The number of imide groups is 1. The smallest absolute Gasteiger partial charge is 0.325 e. The normalized spacial score (nSPS) is 17.0. The van der Waals surface area contributed by atoms with Crippen LogP contribution in [0.2, 0.25) is 0 Å². The number of hydrogen-bond donors (Lipinski definition) is 4. The largest absolute Gasteiger partial charge is 0.394 e. The molecule has 11 heteroatoms. The second-order valence-electron chi connectivity index (χ2n) is 7.72. The Hall–Kier alpha value is -2.51. The van der Waals surface area contributed by atoms with Crippen molar-refractivity contribution in [2.45, 2.75) is 38.8 Å². The third kappa shape index (κ3) is 5.64. The summed E-state index contributed by atoms with van der Waals surface area (Å²) in [5.41, 5.74) is 3.93. The summed E-state index contributed by atoms with van der Waals surface area (Å²) in [6.07, 6.45) is 1.81. The number of benzene rings is 1. The fourth-order valence-corrected chi connectivity index (χ4v) is 3.87. The number of halogens is 1. The molecule has 1 aromatic carbocycles. The van der Waals surface area contributed by atoms with E-state index in [0.717, 1.165) is 14.8 Å². The Morgan fingerprint density at radius 1 is 1.31 bits per heavy atom. The maximum absolute atomic E-state index is 13.0. The number of hydroxylamine groups is 1. The molecule has 0 aliphatic carbocycles. The van der Waals surface area contributed by atoms with Gasteiger partial charge in [-0.05, 0) is 52.6 Å². The van der Waals surface area contributed by atoms with Crippen LogP contribution in [0.15, 0.2) is 30.5 Å². The highest BCUT2D eigenvalue weighted by molar-refractivity contribution is 14.1. The van der Waals surface area contributed by atoms with Gasteiger partial charge in [0, 0.05) is 9.99 Å². The van der Waals surface area contributed by atoms with Crippen molar-refractivity contribution in [2.24, 2.45) is 5.92 Å². The second-order valence-corrected chi connectivity index (χ2v) is 8.97. The predicted octanol–water partition coefficient (Wildman–Crippen LogP) is 2.12. The number of aromatic amines is 1. The van der Waals surface area contributed by atoms with Gasteiger partial charge in [0.25, 0.3) is 5.91 Å². The summed E-state index contributed by atoms with van der Waals surface area (Å²) < 4.78 is 1.12. The summed E-state index contributed by atoms with van der Waals surface area (Å²) in [6.45, 7) is 3.58. The van der Waals surface area contributed by atoms with E-state index in [-0.39, 0.29) is 32.0 Å². The zero-order valence-corrected chi connectivity index (χ0v) is 20.0. The van der Waals surface area contributed by atoms with E-state index in [9.17, 15) is 14.4 Å². The van der Waals surface area contributed by atoms with Crippen molar-refractivity contribution >= 4 is 40.4 Å². The summed E-state index contributed by atoms with van der Waals surface area (Å²) >= 11 is 2.23. The molecule has 1 saturated heterocycles. The molecule has 0 spiro atoms. The Morgan fingerprint density at radius 2 is 2.03 bits per heavy atom. The van der Waals surface area contributed by atoms with Crippen LogP contribution in [-0.2, 0) is 14.4 Å². The lowest BCUT2D eigenvalue weighted by molar-refractivity contribution is -0.134. The first-order valence-corrected chi connectivity index (χ1v) is 11.4. The molecule has 0 radical (unpaired) electrons. The predicted molar refractivity (Wildman–Crippen MR) is 124 cm³/mol. The molecule has 2 heterocycles. The highest BCUT2D eigenvalue weighted by Gasteiger charge is 2.44. The van der Waals surface area contributed by atoms with Gasteiger partial charge in [-0.3, -0.25) is 19.3 Å². The molecule has 3 rings (SSSR count). The van der Waals surface area contributed by atoms with Gasteiger partial charge in [0.2, 0.25) is 5.91 Å². The van der Waals surface area contributed by atoms with Gasteiger partial charge in [0.15, 0.2) is 0 Å². The van der Waals surface area contributed by atoms with E-state index in [1.54, 1.807) is 6.20 Å². The van der Waals surface area contributed by atoms with Crippen LogP contribution in [0, 0.1) is 9.49 Å². The van der Waals surface area contributed by atoms with Crippen molar-refractivity contribution in [3.63, 3.8) is 0 Å². The Labute approximate surface area is 199 Å². The molecule has 10 nitrogen and oxygen atoms in total. The lowest BCUT2D eigenvalue weighted by Crippen LogP contribution is -2.38. The minimum Gasteiger partial charge on any atom is -0.394 e. The number of urea groups is 1. The average molecular weight is 555 g/mol. The number of aromatic nitrogens is 2. The molecule has 1 aromatic heterocycles. The van der Waals surface area contributed by atoms with Crippen LogP contribution in [0.4, 0.5) is 4.79 Å². The molecule has 2 aromatic rings. The standard InChI is InChI=1S/C21H26IN5O5/c1-12(2)18(19-23-11-16(24-19)13-3-5-14(22)6-4-13)27-20(30)15(25-21(27)31)7-8-17(29)26-32-10-9-28/h3-6,11-12,15,18,28H,7-10H2,1-2H3,(H,23,24)(H,25,31)(H,26,29)/t15-,18+/m1/s1. The molecule has 0 bridgehead atoms. The van der Waals surface area contributed by atoms with E-state index < -0.39 is 29.9 Å². The van der Waals surface area contributed by atoms with Crippen molar-refractivity contribution in [1.82, 2.24) is 25.7 Å². The Bertz CT molecular complexity index is 962. The van der Waals surface area contributed by atoms with Gasteiger partial charge in [0.05, 0.1) is 25.1 Å². The Balaban J connectivity index is 1.71. The molecule has 1 aliphatic rings. The highest BCUT2D eigenvalue weighted by Crippen LogP contribution is 2.31. The zero-order chi connectivity index (χ0) is 23.3. The van der Waals surface area contributed by atoms with E-state index in [0.29, 0.717) is 5.82 Å². The lowest BCUT2D eigenvalue weighted by Gasteiger charge is -2.27. The number of nitrogens with zero attached hydrogens (tertiary/aromatic N) is 2. The molecule has 172 valence electrons. The van der Waals surface area contributed by atoms with Crippen molar-refractivity contribution < 1.29 is 24.3 Å². The summed E-state index contributed by atoms with van der Waals surface area (Å²) in [7, 11) is 0. The first-order chi connectivity index (χ1) is 15.3. The molecule has 2 atom stereocenters. The number of carbonyl (C=O) groups is 3. The molecule has 0 saturated carbocycles. The highest BCUT2D eigenvalue weighted by atomic mass is 127. The molecule has 1 fully saturated rings. The monoisotopic (exact) mass is 555 g/mol. The van der Waals surface area contributed by atoms with Gasteiger partial charge >= 0.3 is 6.03 Å². The van der Waals surface area contributed by atoms with Crippen LogP contribution in [0.5, 0.6) is 0 Å². The van der Waals surface area contributed by atoms with E-state index in [1.807, 2.05) is 38.1 Å². The number of rotatable bonds is 10. The number of imidazole rings is 1. The number of hydrogen-bond acceptors (Lipinski definition) is 6. The number of carbonyl (C=O) groups excluding carboxylic acids is 3. The van der Waals surface area contributed by atoms with E-state index in [4.69, 9.17) is 9.94 Å². The maximum atomic E-state index is 13.0. The molecule has 4 N–H and O–H groups in total. The van der Waals surface area contributed by atoms with Gasteiger partial charge in [-0.15, -0.1) is 0 Å². The first kappa shape index (κ1) is 24.1. The average Bonchev–Trinajstić information content (AvgIpc) is 3.34. The number of aliphatic hydroxyl groups is 1. The van der Waals surface area contributed by atoms with Crippen LogP contribution >= 0.6 is 22.6 Å². The topological polar surface area (TPSA) is 137 Å². The minimum absolute atomic E-state index is 0.0139. The zero-order valence-electron chi connectivity index (χ0n) is 17.8. The van der Waals surface area contributed by atoms with Crippen LogP contribution in [0.3, 0.4) is 0 Å². The van der Waals surface area contributed by atoms with Gasteiger partial charge in [-0.2, -0.15) is 0 Å². The third-order valence-electron chi connectivity index (χ3n) is 5.03. The van der Waals surface area contributed by atoms with E-state index >= 15 is 0 Å². The maximum Gasteiger partial charge on any atom is 0.325 e. The Morgan fingerprint density at radius 3 is 2.69 bits per heavy atom. The fraction of sp³-hybridized carbons (Fsp3) is 0.429. The SMILES string of the molecule is CC(C)[C@@H](c1ncc(-c2ccc(I)cc2)[nH]1)N1C(=O)N[C@H](CCC(=O)NOCCO)C1=O. The minimum atomic E-state index is -0.807. The van der Waals surface area contributed by atoms with E-state index in [2.05, 4.69) is 43.4 Å². The number of nitrogens with one attached hydrogen (secondary N) is 3. The van der Waals surface area contributed by atoms with Crippen molar-refractivity contribution in [3.8, 4) is 11.3 Å². The van der Waals surface area contributed by atoms with Gasteiger partial charge in [-0.1, -0.05) is 26.0 Å². The first-order valence-electron chi connectivity index (χ1n) is 10.3. The van der Waals surface area contributed by atoms with Crippen LogP contribution in [0.25, 0.3) is 11.3 Å². The number of amides is 4. The second kappa shape index (κ2) is 10.9. The summed E-state index contributed by atoms with van der Waals surface area (Å²) in [5.74, 6) is -0.403. The molecule has 4 amide bonds. The van der Waals surface area contributed by atoms with Crippen molar-refractivity contribution in [1.29, 1.82) is 0 Å². The van der Waals surface area contributed by atoms with Crippen LogP contribution in [0.1, 0.15) is 38.6 Å². The number of H-pyrrole nitrogens is 1. The fourth-order valence-electron chi connectivity index (χ4n) is 3.51. The summed E-state index contributed by atoms with van der Waals surface area (Å²) in [5, 5.41) is 11.3. The van der Waals surface area contributed by atoms with E-state index in [1.165, 1.54) is 4.90 Å². The molecular weight excluding hydrogens is 529 g/mol. The van der Waals surface area contributed by atoms with Gasteiger partial charge in [0.1, 0.15) is 17.9 Å². The Kier molecular flexibility index (Phi) is 8.21. The van der Waals surface area contributed by atoms with Gasteiger partial charge < -0.3 is 15.4 Å². The van der Waals surface area contributed by atoms with Crippen LogP contribution in [-0.4, -0.2) is 57.1 Å². The summed E-state index contributed by atoms with van der Waals surface area (Å²) in [4.78, 5) is 51.2. The van der Waals surface area contributed by atoms with Crippen LogP contribution < -0.4 is 10.8 Å². The third-order valence-corrected chi connectivity index (χ3v) is 5.75. The van der Waals surface area contributed by atoms with Gasteiger partial charge in [-0.25, -0.2) is 15.3 Å². The molecule has 0 unspecified atom stereocenters. The molecule has 1 aliphatic heterocycles. The number of aliphatic hydroxyl groups excluding tert-OH is 1.